The molecule has 2 aromatic heterocycles. The number of benzene rings is 2. The number of nitrogens with one attached hydrogen (secondary N) is 1. The molecule has 0 amide bonds. The van der Waals surface area contributed by atoms with Gasteiger partial charge in [-0.05, 0) is 64.8 Å². The van der Waals surface area contributed by atoms with Gasteiger partial charge in [0.2, 0.25) is 11.6 Å². The van der Waals surface area contributed by atoms with Crippen LogP contribution in [0.1, 0.15) is 41.6 Å². The number of hydrogen-bond donors (Lipinski definition) is 2. The third-order valence-electron chi connectivity index (χ3n) is 6.36. The number of pyridine rings is 1. The molecule has 5 rings (SSSR count). The molecule has 0 saturated heterocycles. The predicted molar refractivity (Wildman–Crippen MR) is 133 cm³/mol. The zero-order chi connectivity index (χ0) is 24.4. The highest BCUT2D eigenvalue weighted by molar-refractivity contribution is 6.02. The molecule has 0 aliphatic heterocycles. The summed E-state index contributed by atoms with van der Waals surface area (Å²) in [7, 11) is 0. The van der Waals surface area contributed by atoms with E-state index in [9.17, 15) is 9.18 Å². The van der Waals surface area contributed by atoms with E-state index in [2.05, 4.69) is 20.0 Å². The second-order valence-corrected chi connectivity index (χ2v) is 8.46. The van der Waals surface area contributed by atoms with Gasteiger partial charge in [0.05, 0.1) is 23.2 Å². The van der Waals surface area contributed by atoms with Gasteiger partial charge in [0, 0.05) is 12.3 Å². The number of hydrogen-bond acceptors (Lipinski definition) is 3. The van der Waals surface area contributed by atoms with E-state index in [1.807, 2.05) is 30.3 Å². The first-order valence-electron chi connectivity index (χ1n) is 11.3. The summed E-state index contributed by atoms with van der Waals surface area (Å²) in [4.78, 5) is 19.2. The molecular formula is C28H21FN4O2. The normalized spacial score (nSPS) is 14.5. The Bertz CT molecular complexity index is 1520. The first-order chi connectivity index (χ1) is 17.0. The topological polar surface area (TPSA) is 83.2 Å². The second kappa shape index (κ2) is 9.35. The molecule has 172 valence electrons. The van der Waals surface area contributed by atoms with Crippen LogP contribution in [0.15, 0.2) is 66.9 Å². The average molecular weight is 465 g/mol. The molecule has 2 N–H and O–H groups in total. The van der Waals surface area contributed by atoms with Crippen LogP contribution in [-0.2, 0) is 4.79 Å². The third-order valence-corrected chi connectivity index (χ3v) is 6.36. The number of halogens is 1. The predicted octanol–water partition coefficient (Wildman–Crippen LogP) is 6.50. The van der Waals surface area contributed by atoms with E-state index in [4.69, 9.17) is 11.7 Å². The molecule has 0 atom stereocenters. The van der Waals surface area contributed by atoms with Gasteiger partial charge in [-0.2, -0.15) is 9.49 Å². The Balaban J connectivity index is 1.78. The molecule has 6 nitrogen and oxygen atoms in total. The Kier molecular flexibility index (Phi) is 5.94. The van der Waals surface area contributed by atoms with Crippen LogP contribution in [0.4, 0.5) is 10.1 Å². The van der Waals surface area contributed by atoms with Crippen molar-refractivity contribution >= 4 is 39.8 Å². The fourth-order valence-electron chi connectivity index (χ4n) is 4.45. The molecule has 1 saturated carbocycles. The summed E-state index contributed by atoms with van der Waals surface area (Å²) in [5, 5.41) is 15.7. The number of allylic oxidation sites excluding steroid dienone is 1. The molecular weight excluding hydrogens is 443 g/mol. The van der Waals surface area contributed by atoms with Crippen LogP contribution >= 0.6 is 0 Å². The molecule has 2 aromatic carbocycles. The SMILES string of the molecule is [C-]#[N+]c1cccnc1/C(=C(\c1ccc(/C=C/C(=O)O)cc1)c1ccc2n[nH]c(F)c2c1)C1CCC1. The van der Waals surface area contributed by atoms with Crippen molar-refractivity contribution in [1.29, 1.82) is 0 Å². The Hall–Kier alpha value is -4.57. The molecule has 1 aliphatic carbocycles. The number of carboxylic acids is 1. The van der Waals surface area contributed by atoms with E-state index in [-0.39, 0.29) is 5.92 Å². The summed E-state index contributed by atoms with van der Waals surface area (Å²) in [6, 6.07) is 16.5. The molecule has 1 aliphatic rings. The number of H-pyrrole nitrogens is 1. The monoisotopic (exact) mass is 464 g/mol. The highest BCUT2D eigenvalue weighted by atomic mass is 19.1. The van der Waals surface area contributed by atoms with Gasteiger partial charge in [-0.3, -0.25) is 10.1 Å². The largest absolute Gasteiger partial charge is 0.478 e. The number of carbonyl (C=O) groups is 1. The molecule has 2 heterocycles. The lowest BCUT2D eigenvalue weighted by Gasteiger charge is -2.31. The lowest BCUT2D eigenvalue weighted by Crippen LogP contribution is -2.16. The van der Waals surface area contributed by atoms with Crippen molar-refractivity contribution in [3.63, 3.8) is 0 Å². The zero-order valence-corrected chi connectivity index (χ0v) is 18.7. The maximum Gasteiger partial charge on any atom is 0.328 e. The van der Waals surface area contributed by atoms with Crippen molar-refractivity contribution in [2.75, 3.05) is 0 Å². The lowest BCUT2D eigenvalue weighted by molar-refractivity contribution is -0.131. The summed E-state index contributed by atoms with van der Waals surface area (Å²) in [6.07, 6.45) is 7.38. The Morgan fingerprint density at radius 2 is 1.91 bits per heavy atom. The maximum atomic E-state index is 14.4. The van der Waals surface area contributed by atoms with Gasteiger partial charge in [-0.1, -0.05) is 48.9 Å². The number of fused-ring (bicyclic) bond motifs is 1. The highest BCUT2D eigenvalue weighted by Crippen LogP contribution is 2.46. The fraction of sp³-hybridized carbons (Fsp3) is 0.143. The number of rotatable bonds is 6. The summed E-state index contributed by atoms with van der Waals surface area (Å²) < 4.78 is 14.4. The Morgan fingerprint density at radius 1 is 1.14 bits per heavy atom. The van der Waals surface area contributed by atoms with Crippen LogP contribution in [0.2, 0.25) is 0 Å². The quantitative estimate of drug-likeness (QED) is 0.252. The summed E-state index contributed by atoms with van der Waals surface area (Å²) in [6.45, 7) is 7.71. The number of aromatic amines is 1. The summed E-state index contributed by atoms with van der Waals surface area (Å²) in [5.74, 6) is -1.30. The van der Waals surface area contributed by atoms with Gasteiger partial charge in [0.15, 0.2) is 0 Å². The molecule has 0 radical (unpaired) electrons. The van der Waals surface area contributed by atoms with Crippen molar-refractivity contribution < 1.29 is 14.3 Å². The molecule has 1 fully saturated rings. The third kappa shape index (κ3) is 4.34. The molecule has 0 bridgehead atoms. The second-order valence-electron chi connectivity index (χ2n) is 8.46. The van der Waals surface area contributed by atoms with Crippen LogP contribution in [-0.4, -0.2) is 26.3 Å². The maximum absolute atomic E-state index is 14.4. The van der Waals surface area contributed by atoms with Crippen molar-refractivity contribution in [3.8, 4) is 0 Å². The number of aliphatic carboxylic acids is 1. The molecule has 7 heteroatoms. The van der Waals surface area contributed by atoms with Crippen LogP contribution in [0.25, 0.3) is 33.0 Å². The molecule has 0 spiro atoms. The summed E-state index contributed by atoms with van der Waals surface area (Å²) >= 11 is 0. The number of aromatic nitrogens is 3. The van der Waals surface area contributed by atoms with E-state index in [1.54, 1.807) is 30.5 Å². The van der Waals surface area contributed by atoms with Crippen molar-refractivity contribution in [2.24, 2.45) is 5.92 Å². The van der Waals surface area contributed by atoms with Gasteiger partial charge < -0.3 is 5.11 Å². The van der Waals surface area contributed by atoms with Crippen LogP contribution in [0.5, 0.6) is 0 Å². The van der Waals surface area contributed by atoms with E-state index in [0.717, 1.165) is 53.2 Å². The van der Waals surface area contributed by atoms with Crippen LogP contribution < -0.4 is 0 Å². The zero-order valence-electron chi connectivity index (χ0n) is 18.7. The smallest absolute Gasteiger partial charge is 0.328 e. The van der Waals surface area contributed by atoms with Gasteiger partial charge >= 0.3 is 5.97 Å². The minimum Gasteiger partial charge on any atom is -0.478 e. The Morgan fingerprint density at radius 3 is 2.60 bits per heavy atom. The van der Waals surface area contributed by atoms with Gasteiger partial charge in [0.1, 0.15) is 0 Å². The van der Waals surface area contributed by atoms with E-state index in [1.165, 1.54) is 6.08 Å². The van der Waals surface area contributed by atoms with Crippen molar-refractivity contribution in [2.45, 2.75) is 19.3 Å². The van der Waals surface area contributed by atoms with E-state index < -0.39 is 11.9 Å². The minimum atomic E-state index is -1.01. The molecule has 4 aromatic rings. The van der Waals surface area contributed by atoms with E-state index >= 15 is 0 Å². The highest BCUT2D eigenvalue weighted by Gasteiger charge is 2.29. The summed E-state index contributed by atoms with van der Waals surface area (Å²) in [5.41, 5.74) is 5.93. The number of nitrogens with zero attached hydrogens (tertiary/aromatic N) is 3. The first-order valence-corrected chi connectivity index (χ1v) is 11.3. The molecule has 0 unspecified atom stereocenters. The average Bonchev–Trinajstić information content (AvgIpc) is 3.22. The number of carboxylic acid groups (broad SMARTS) is 1. The molecule has 35 heavy (non-hydrogen) atoms. The van der Waals surface area contributed by atoms with Crippen molar-refractivity contribution in [1.82, 2.24) is 15.2 Å². The first kappa shape index (κ1) is 22.2. The van der Waals surface area contributed by atoms with E-state index in [0.29, 0.717) is 22.3 Å². The van der Waals surface area contributed by atoms with Crippen LogP contribution in [0.3, 0.4) is 0 Å². The van der Waals surface area contributed by atoms with Gasteiger partial charge in [-0.15, -0.1) is 0 Å². The minimum absolute atomic E-state index is 0.219. The van der Waals surface area contributed by atoms with Gasteiger partial charge in [-0.25, -0.2) is 9.64 Å². The van der Waals surface area contributed by atoms with Gasteiger partial charge in [0.25, 0.3) is 0 Å². The Labute approximate surface area is 201 Å². The lowest BCUT2D eigenvalue weighted by atomic mass is 9.74. The van der Waals surface area contributed by atoms with Crippen LogP contribution in [0, 0.1) is 18.4 Å². The fourth-order valence-corrected chi connectivity index (χ4v) is 4.45. The van der Waals surface area contributed by atoms with Crippen molar-refractivity contribution in [3.05, 3.63) is 107 Å². The standard InChI is InChI=1S/C28H21FN4O2/c1-30-23-6-3-15-31-27(23)26(18-4-2-5-18)25(19-10-7-17(8-11-19)9-14-24(34)35)20-12-13-22-21(16-20)28(29)33-32-22/h3,6-16,18H,2,4-5H2,(H,32,33)(H,34,35)/b14-9+,26-25+.